The van der Waals surface area contributed by atoms with Crippen molar-refractivity contribution in [2.45, 2.75) is 50.2 Å². The molecule has 1 N–H and O–H groups in total. The Morgan fingerprint density at radius 1 is 1.10 bits per heavy atom. The van der Waals surface area contributed by atoms with E-state index in [4.69, 9.17) is 0 Å². The fourth-order valence-corrected chi connectivity index (χ4v) is 3.32. The Labute approximate surface area is 119 Å². The molecule has 1 atom stereocenters. The first-order chi connectivity index (χ1) is 9.47. The summed E-state index contributed by atoms with van der Waals surface area (Å²) in [5.74, 6) is -1.28. The van der Waals surface area contributed by atoms with Crippen molar-refractivity contribution in [1.29, 1.82) is 0 Å². The molecule has 1 aromatic carbocycles. The molecule has 2 rings (SSSR count). The van der Waals surface area contributed by atoms with E-state index in [9.17, 15) is 13.9 Å². The predicted octanol–water partition coefficient (Wildman–Crippen LogP) is 3.65. The molecule has 1 fully saturated rings. The fraction of sp³-hybridized carbons (Fsp3) is 0.625. The summed E-state index contributed by atoms with van der Waals surface area (Å²) >= 11 is 0. The number of rotatable bonds is 3. The zero-order valence-electron chi connectivity index (χ0n) is 12.2. The van der Waals surface area contributed by atoms with Gasteiger partial charge in [-0.25, -0.2) is 8.78 Å². The first-order valence-electron chi connectivity index (χ1n) is 7.28. The monoisotopic (exact) mass is 283 g/mol. The molecule has 4 heteroatoms. The van der Waals surface area contributed by atoms with Gasteiger partial charge in [0, 0.05) is 11.6 Å². The van der Waals surface area contributed by atoms with E-state index >= 15 is 0 Å². The topological polar surface area (TPSA) is 23.5 Å². The average molecular weight is 283 g/mol. The Hall–Kier alpha value is -1.00. The summed E-state index contributed by atoms with van der Waals surface area (Å²) in [6, 6.07) is 3.42. The van der Waals surface area contributed by atoms with Crippen molar-refractivity contribution in [1.82, 2.24) is 4.90 Å². The van der Waals surface area contributed by atoms with Crippen LogP contribution < -0.4 is 0 Å². The van der Waals surface area contributed by atoms with Crippen molar-refractivity contribution >= 4 is 0 Å². The van der Waals surface area contributed by atoms with Gasteiger partial charge in [0.05, 0.1) is 5.54 Å². The van der Waals surface area contributed by atoms with Crippen LogP contribution in [-0.2, 0) is 0 Å². The van der Waals surface area contributed by atoms with Gasteiger partial charge in [0.25, 0.3) is 0 Å². The minimum absolute atomic E-state index is 0.196. The molecule has 0 amide bonds. The maximum absolute atomic E-state index is 14.0. The zero-order valence-corrected chi connectivity index (χ0v) is 12.2. The molecule has 0 bridgehead atoms. The highest BCUT2D eigenvalue weighted by atomic mass is 19.1. The molecule has 0 aromatic heterocycles. The molecule has 0 aliphatic heterocycles. The van der Waals surface area contributed by atoms with Crippen LogP contribution in [0, 0.1) is 11.6 Å². The largest absolute Gasteiger partial charge is 0.386 e. The van der Waals surface area contributed by atoms with E-state index in [1.807, 2.05) is 19.0 Å². The van der Waals surface area contributed by atoms with Gasteiger partial charge in [-0.3, -0.25) is 0 Å². The van der Waals surface area contributed by atoms with Gasteiger partial charge in [-0.1, -0.05) is 31.7 Å². The third-order valence-electron chi connectivity index (χ3n) is 4.63. The highest BCUT2D eigenvalue weighted by Gasteiger charge is 2.41. The van der Waals surface area contributed by atoms with Gasteiger partial charge in [-0.15, -0.1) is 0 Å². The van der Waals surface area contributed by atoms with E-state index in [2.05, 4.69) is 0 Å². The summed E-state index contributed by atoms with van der Waals surface area (Å²) < 4.78 is 27.0. The molecule has 1 aliphatic carbocycles. The van der Waals surface area contributed by atoms with Crippen LogP contribution >= 0.6 is 0 Å². The van der Waals surface area contributed by atoms with Crippen molar-refractivity contribution in [2.75, 3.05) is 14.1 Å². The summed E-state index contributed by atoms with van der Waals surface area (Å²) in [6.07, 6.45) is 5.07. The molecule has 1 saturated carbocycles. The van der Waals surface area contributed by atoms with Gasteiger partial charge in [0.2, 0.25) is 0 Å². The average Bonchev–Trinajstić information content (AvgIpc) is 2.64. The predicted molar refractivity (Wildman–Crippen MR) is 75.4 cm³/mol. The second-order valence-electron chi connectivity index (χ2n) is 5.98. The normalized spacial score (nSPS) is 20.7. The van der Waals surface area contributed by atoms with Crippen molar-refractivity contribution in [3.05, 3.63) is 35.4 Å². The fourth-order valence-electron chi connectivity index (χ4n) is 3.32. The molecule has 1 aliphatic rings. The lowest BCUT2D eigenvalue weighted by Crippen LogP contribution is -2.49. The highest BCUT2D eigenvalue weighted by molar-refractivity contribution is 5.24. The Morgan fingerprint density at radius 2 is 1.70 bits per heavy atom. The van der Waals surface area contributed by atoms with Crippen LogP contribution in [0.4, 0.5) is 8.78 Å². The van der Waals surface area contributed by atoms with Crippen molar-refractivity contribution in [2.24, 2.45) is 0 Å². The smallest absolute Gasteiger partial charge is 0.131 e. The Kier molecular flexibility index (Phi) is 4.76. The van der Waals surface area contributed by atoms with E-state index in [0.717, 1.165) is 44.6 Å². The second-order valence-corrected chi connectivity index (χ2v) is 5.98. The van der Waals surface area contributed by atoms with Crippen molar-refractivity contribution in [3.8, 4) is 0 Å². The Morgan fingerprint density at radius 3 is 2.20 bits per heavy atom. The number of aliphatic hydroxyl groups excluding tert-OH is 1. The molecule has 2 nitrogen and oxygen atoms in total. The van der Waals surface area contributed by atoms with E-state index in [1.54, 1.807) is 0 Å². The van der Waals surface area contributed by atoms with Gasteiger partial charge >= 0.3 is 0 Å². The summed E-state index contributed by atoms with van der Waals surface area (Å²) in [4.78, 5) is 2.01. The number of likely N-dealkylation sites (N-methyl/N-ethyl adjacent to an activating group) is 1. The van der Waals surface area contributed by atoms with E-state index in [1.165, 1.54) is 12.1 Å². The quantitative estimate of drug-likeness (QED) is 0.856. The summed E-state index contributed by atoms with van der Waals surface area (Å²) in [6.45, 7) is 0. The van der Waals surface area contributed by atoms with Gasteiger partial charge in [-0.2, -0.15) is 0 Å². The van der Waals surface area contributed by atoms with Crippen LogP contribution in [0.1, 0.15) is 50.2 Å². The molecule has 1 aromatic rings. The van der Waals surface area contributed by atoms with Gasteiger partial charge in [0.1, 0.15) is 17.7 Å². The van der Waals surface area contributed by atoms with Crippen molar-refractivity contribution < 1.29 is 13.9 Å². The highest BCUT2D eigenvalue weighted by Crippen LogP contribution is 2.41. The Bertz CT molecular complexity index is 454. The van der Waals surface area contributed by atoms with E-state index in [-0.39, 0.29) is 5.56 Å². The first-order valence-corrected chi connectivity index (χ1v) is 7.28. The molecule has 20 heavy (non-hydrogen) atoms. The molecular weight excluding hydrogens is 260 g/mol. The van der Waals surface area contributed by atoms with Crippen molar-refractivity contribution in [3.63, 3.8) is 0 Å². The van der Waals surface area contributed by atoms with E-state index < -0.39 is 23.3 Å². The Balaban J connectivity index is 2.37. The molecule has 0 radical (unpaired) electrons. The minimum Gasteiger partial charge on any atom is -0.386 e. The lowest BCUT2D eigenvalue weighted by Gasteiger charge is -2.43. The summed E-state index contributed by atoms with van der Waals surface area (Å²) in [7, 11) is 3.85. The van der Waals surface area contributed by atoms with Gasteiger partial charge in [-0.05, 0) is 33.0 Å². The van der Waals surface area contributed by atoms with Crippen LogP contribution in [0.5, 0.6) is 0 Å². The van der Waals surface area contributed by atoms with Crippen LogP contribution in [-0.4, -0.2) is 29.6 Å². The molecule has 0 saturated heterocycles. The lowest BCUT2D eigenvalue weighted by atomic mass is 9.80. The molecule has 112 valence electrons. The number of benzene rings is 1. The lowest BCUT2D eigenvalue weighted by molar-refractivity contribution is -0.0217. The standard InChI is InChI=1S/C16H23F2NO/c1-19(2)16(9-5-3-4-6-10-16)15(20)13-8-7-12(17)11-14(13)18/h7-8,11,15,20H,3-6,9-10H2,1-2H3. The zero-order chi connectivity index (χ0) is 14.8. The SMILES string of the molecule is CN(C)C1(C(O)c2ccc(F)cc2F)CCCCCC1. The summed E-state index contributed by atoms with van der Waals surface area (Å²) in [5, 5.41) is 10.8. The molecule has 0 spiro atoms. The van der Waals surface area contributed by atoms with Crippen LogP contribution in [0.15, 0.2) is 18.2 Å². The summed E-state index contributed by atoms with van der Waals surface area (Å²) in [5.41, 5.74) is -0.267. The third kappa shape index (κ3) is 2.86. The van der Waals surface area contributed by atoms with Gasteiger partial charge < -0.3 is 10.0 Å². The molecule has 0 heterocycles. The third-order valence-corrected chi connectivity index (χ3v) is 4.63. The van der Waals surface area contributed by atoms with E-state index in [0.29, 0.717) is 0 Å². The maximum Gasteiger partial charge on any atom is 0.131 e. The van der Waals surface area contributed by atoms with Gasteiger partial charge in [0.15, 0.2) is 0 Å². The maximum atomic E-state index is 14.0. The van der Waals surface area contributed by atoms with Crippen LogP contribution in [0.3, 0.4) is 0 Å². The number of hydrogen-bond donors (Lipinski definition) is 1. The number of halogens is 2. The van der Waals surface area contributed by atoms with Crippen LogP contribution in [0.25, 0.3) is 0 Å². The number of nitrogens with zero attached hydrogens (tertiary/aromatic N) is 1. The van der Waals surface area contributed by atoms with Crippen LogP contribution in [0.2, 0.25) is 0 Å². The molecular formula is C16H23F2NO. The minimum atomic E-state index is -0.934. The first kappa shape index (κ1) is 15.4. The second kappa shape index (κ2) is 6.19. The molecule has 1 unspecified atom stereocenters. The number of hydrogen-bond acceptors (Lipinski definition) is 2. The number of aliphatic hydroxyl groups is 1.